The van der Waals surface area contributed by atoms with Crippen LogP contribution in [0, 0.1) is 5.82 Å². The van der Waals surface area contributed by atoms with Crippen LogP contribution in [0.1, 0.15) is 42.8 Å². The van der Waals surface area contributed by atoms with Crippen LogP contribution in [-0.4, -0.2) is 26.2 Å². The number of nitrogens with one attached hydrogen (secondary N) is 1. The lowest BCUT2D eigenvalue weighted by Crippen LogP contribution is -2.23. The monoisotopic (exact) mass is 357 g/mol. The van der Waals surface area contributed by atoms with Crippen molar-refractivity contribution in [2.75, 3.05) is 0 Å². The van der Waals surface area contributed by atoms with Crippen LogP contribution in [0.2, 0.25) is 0 Å². The van der Waals surface area contributed by atoms with Crippen molar-refractivity contribution < 1.29 is 18.2 Å². The van der Waals surface area contributed by atoms with Crippen LogP contribution in [0.15, 0.2) is 33.3 Å². The van der Waals surface area contributed by atoms with Gasteiger partial charge >= 0.3 is 0 Å². The fourth-order valence-corrected chi connectivity index (χ4v) is 2.40. The Morgan fingerprint density at radius 1 is 1.12 bits per heavy atom. The maximum atomic E-state index is 12.9. The summed E-state index contributed by atoms with van der Waals surface area (Å²) < 4.78 is 23.2. The largest absolute Gasteiger partial charge is 0.347 e. The number of halogens is 1. The number of aromatic nitrogens is 4. The number of benzene rings is 1. The lowest BCUT2D eigenvalue weighted by molar-refractivity contribution is -0.121. The van der Waals surface area contributed by atoms with Crippen molar-refractivity contribution >= 4 is 5.91 Å². The maximum absolute atomic E-state index is 12.9. The van der Waals surface area contributed by atoms with Gasteiger partial charge in [0.1, 0.15) is 5.82 Å². The van der Waals surface area contributed by atoms with Gasteiger partial charge in [0.25, 0.3) is 0 Å². The Labute approximate surface area is 147 Å². The highest BCUT2D eigenvalue weighted by Crippen LogP contribution is 2.38. The van der Waals surface area contributed by atoms with E-state index in [0.29, 0.717) is 41.3 Å². The van der Waals surface area contributed by atoms with E-state index >= 15 is 0 Å². The van der Waals surface area contributed by atoms with Gasteiger partial charge in [0.15, 0.2) is 5.82 Å². The predicted octanol–water partition coefficient (Wildman–Crippen LogP) is 2.39. The lowest BCUT2D eigenvalue weighted by atomic mass is 10.2. The topological polar surface area (TPSA) is 107 Å². The highest BCUT2D eigenvalue weighted by atomic mass is 19.1. The Hall–Kier alpha value is -3.10. The number of nitrogens with zero attached hydrogens (tertiary/aromatic N) is 4. The van der Waals surface area contributed by atoms with Gasteiger partial charge in [-0.2, -0.15) is 9.97 Å². The fraction of sp³-hybridized carbons (Fsp3) is 0.353. The van der Waals surface area contributed by atoms with Crippen LogP contribution < -0.4 is 5.32 Å². The molecular formula is C17H16FN5O3. The number of hydrogen-bond donors (Lipinski definition) is 1. The summed E-state index contributed by atoms with van der Waals surface area (Å²) in [4.78, 5) is 20.4. The Morgan fingerprint density at radius 3 is 2.65 bits per heavy atom. The van der Waals surface area contributed by atoms with Gasteiger partial charge < -0.3 is 14.4 Å². The molecule has 3 aromatic rings. The molecule has 1 aliphatic carbocycles. The third-order valence-electron chi connectivity index (χ3n) is 4.00. The molecule has 1 saturated carbocycles. The molecule has 2 heterocycles. The molecule has 1 aromatic carbocycles. The van der Waals surface area contributed by atoms with Crippen LogP contribution in [0.4, 0.5) is 4.39 Å². The van der Waals surface area contributed by atoms with Crippen LogP contribution in [0.25, 0.3) is 11.4 Å². The van der Waals surface area contributed by atoms with E-state index in [4.69, 9.17) is 9.05 Å². The molecular weight excluding hydrogens is 341 g/mol. The van der Waals surface area contributed by atoms with Gasteiger partial charge in [-0.3, -0.25) is 4.79 Å². The first-order valence-electron chi connectivity index (χ1n) is 8.35. The van der Waals surface area contributed by atoms with Gasteiger partial charge in [-0.1, -0.05) is 10.3 Å². The standard InChI is InChI=1S/C17H16FN5O3/c18-12-5-3-11(4-6-12)16-20-14(25-22-16)8-7-13(24)19-9-15-21-17(23-26-15)10-1-2-10/h3-6,10H,1-2,7-9H2,(H,19,24). The smallest absolute Gasteiger partial charge is 0.246 e. The maximum Gasteiger partial charge on any atom is 0.246 e. The summed E-state index contributed by atoms with van der Waals surface area (Å²) in [5.74, 6) is 1.71. The van der Waals surface area contributed by atoms with E-state index in [0.717, 1.165) is 12.8 Å². The molecule has 0 unspecified atom stereocenters. The van der Waals surface area contributed by atoms with Crippen molar-refractivity contribution in [3.05, 3.63) is 47.7 Å². The molecule has 0 spiro atoms. The van der Waals surface area contributed by atoms with E-state index in [1.54, 1.807) is 12.1 Å². The van der Waals surface area contributed by atoms with Crippen LogP contribution in [0.5, 0.6) is 0 Å². The van der Waals surface area contributed by atoms with Gasteiger partial charge in [-0.15, -0.1) is 0 Å². The van der Waals surface area contributed by atoms with Crippen molar-refractivity contribution in [2.24, 2.45) is 0 Å². The van der Waals surface area contributed by atoms with E-state index in [1.165, 1.54) is 12.1 Å². The highest BCUT2D eigenvalue weighted by Gasteiger charge is 2.28. The average Bonchev–Trinajstić information content (AvgIpc) is 3.20. The number of rotatable bonds is 7. The van der Waals surface area contributed by atoms with Gasteiger partial charge in [0.2, 0.25) is 23.5 Å². The number of aryl methyl sites for hydroxylation is 1. The zero-order valence-corrected chi connectivity index (χ0v) is 13.8. The van der Waals surface area contributed by atoms with Crippen molar-refractivity contribution in [2.45, 2.75) is 38.1 Å². The predicted molar refractivity (Wildman–Crippen MR) is 86.1 cm³/mol. The molecule has 1 aliphatic rings. The number of carbonyl (C=O) groups excluding carboxylic acids is 1. The van der Waals surface area contributed by atoms with Crippen molar-refractivity contribution in [1.82, 2.24) is 25.6 Å². The molecule has 8 nitrogen and oxygen atoms in total. The molecule has 2 aromatic heterocycles. The second-order valence-electron chi connectivity index (χ2n) is 6.12. The summed E-state index contributed by atoms with van der Waals surface area (Å²) in [7, 11) is 0. The Bertz CT molecular complexity index is 901. The first-order chi connectivity index (χ1) is 12.7. The van der Waals surface area contributed by atoms with Gasteiger partial charge in [0.05, 0.1) is 6.54 Å². The summed E-state index contributed by atoms with van der Waals surface area (Å²) in [6.45, 7) is 0.198. The van der Waals surface area contributed by atoms with Crippen molar-refractivity contribution in [3.63, 3.8) is 0 Å². The van der Waals surface area contributed by atoms with Gasteiger partial charge in [0, 0.05) is 24.3 Å². The van der Waals surface area contributed by atoms with Crippen molar-refractivity contribution in [3.8, 4) is 11.4 Å². The Morgan fingerprint density at radius 2 is 1.88 bits per heavy atom. The first-order valence-corrected chi connectivity index (χ1v) is 8.35. The van der Waals surface area contributed by atoms with Crippen LogP contribution in [0.3, 0.4) is 0 Å². The summed E-state index contributed by atoms with van der Waals surface area (Å²) in [5, 5.41) is 10.5. The Balaban J connectivity index is 1.25. The number of amides is 1. The zero-order chi connectivity index (χ0) is 17.9. The second-order valence-corrected chi connectivity index (χ2v) is 6.12. The second kappa shape index (κ2) is 7.03. The molecule has 0 bridgehead atoms. The SMILES string of the molecule is O=C(CCc1nc(-c2ccc(F)cc2)no1)NCc1nc(C2CC2)no1. The number of hydrogen-bond acceptors (Lipinski definition) is 7. The summed E-state index contributed by atoms with van der Waals surface area (Å²) in [5.41, 5.74) is 0.647. The van der Waals surface area contributed by atoms with E-state index < -0.39 is 0 Å². The van der Waals surface area contributed by atoms with E-state index in [9.17, 15) is 9.18 Å². The number of carbonyl (C=O) groups is 1. The average molecular weight is 357 g/mol. The molecule has 1 N–H and O–H groups in total. The molecule has 4 rings (SSSR count). The zero-order valence-electron chi connectivity index (χ0n) is 13.8. The van der Waals surface area contributed by atoms with Gasteiger partial charge in [-0.25, -0.2) is 4.39 Å². The minimum atomic E-state index is -0.334. The molecule has 1 fully saturated rings. The van der Waals surface area contributed by atoms with E-state index in [2.05, 4.69) is 25.6 Å². The molecule has 0 atom stereocenters. The molecule has 0 aliphatic heterocycles. The fourth-order valence-electron chi connectivity index (χ4n) is 2.40. The molecule has 1 amide bonds. The van der Waals surface area contributed by atoms with Crippen LogP contribution in [-0.2, 0) is 17.8 Å². The molecule has 134 valence electrons. The third-order valence-corrected chi connectivity index (χ3v) is 4.00. The Kier molecular flexibility index (Phi) is 4.42. The molecule has 26 heavy (non-hydrogen) atoms. The minimum Gasteiger partial charge on any atom is -0.347 e. The molecule has 9 heteroatoms. The summed E-state index contributed by atoms with van der Waals surface area (Å²) >= 11 is 0. The third kappa shape index (κ3) is 3.93. The lowest BCUT2D eigenvalue weighted by Gasteiger charge is -1.99. The summed E-state index contributed by atoms with van der Waals surface area (Å²) in [6, 6.07) is 5.78. The van der Waals surface area contributed by atoms with Gasteiger partial charge in [-0.05, 0) is 37.1 Å². The van der Waals surface area contributed by atoms with Crippen LogP contribution >= 0.6 is 0 Å². The molecule has 0 saturated heterocycles. The molecule has 0 radical (unpaired) electrons. The minimum absolute atomic E-state index is 0.183. The van der Waals surface area contributed by atoms with E-state index in [1.807, 2.05) is 0 Å². The summed E-state index contributed by atoms with van der Waals surface area (Å²) in [6.07, 6.45) is 2.68. The normalized spacial score (nSPS) is 13.7. The quantitative estimate of drug-likeness (QED) is 0.692. The first kappa shape index (κ1) is 16.4. The van der Waals surface area contributed by atoms with Crippen molar-refractivity contribution in [1.29, 1.82) is 0 Å². The highest BCUT2D eigenvalue weighted by molar-refractivity contribution is 5.75. The van der Waals surface area contributed by atoms with E-state index in [-0.39, 0.29) is 24.7 Å².